The maximum absolute atomic E-state index is 12.8. The van der Waals surface area contributed by atoms with E-state index in [9.17, 15) is 14.7 Å². The number of halogens is 1. The van der Waals surface area contributed by atoms with Gasteiger partial charge >= 0.3 is 0 Å². The number of aryl methyl sites for hydroxylation is 1. The zero-order valence-corrected chi connectivity index (χ0v) is 17.1. The first-order chi connectivity index (χ1) is 13.8. The summed E-state index contributed by atoms with van der Waals surface area (Å²) < 4.78 is 7.45. The molecule has 0 aliphatic heterocycles. The summed E-state index contributed by atoms with van der Waals surface area (Å²) >= 11 is 5.86. The third kappa shape index (κ3) is 5.47. The van der Waals surface area contributed by atoms with Gasteiger partial charge in [-0.05, 0) is 30.7 Å². The van der Waals surface area contributed by atoms with Gasteiger partial charge in [0.05, 0.1) is 24.5 Å². The Bertz CT molecular complexity index is 1050. The molecule has 7 nitrogen and oxygen atoms in total. The molecule has 29 heavy (non-hydrogen) atoms. The van der Waals surface area contributed by atoms with E-state index in [1.54, 1.807) is 42.9 Å². The number of carbonyl (C=O) groups is 1. The van der Waals surface area contributed by atoms with Crippen molar-refractivity contribution in [1.82, 2.24) is 15.2 Å². The van der Waals surface area contributed by atoms with Crippen LogP contribution in [0.4, 0.5) is 0 Å². The number of hydrogen-bond acceptors (Lipinski definition) is 5. The number of amides is 1. The summed E-state index contributed by atoms with van der Waals surface area (Å²) in [5.41, 5.74) is 1.56. The normalized spacial score (nSPS) is 12.3. The molecule has 8 heteroatoms. The van der Waals surface area contributed by atoms with Crippen LogP contribution in [-0.2, 0) is 31.4 Å². The number of fused-ring (bicyclic) bond motifs is 1. The van der Waals surface area contributed by atoms with E-state index >= 15 is 0 Å². The van der Waals surface area contributed by atoms with E-state index in [0.29, 0.717) is 47.1 Å². The van der Waals surface area contributed by atoms with Crippen LogP contribution in [0.1, 0.15) is 23.8 Å². The molecule has 0 saturated heterocycles. The molecule has 2 aromatic heterocycles. The van der Waals surface area contributed by atoms with Crippen LogP contribution < -0.4 is 16.1 Å². The van der Waals surface area contributed by atoms with E-state index in [0.717, 1.165) is 5.56 Å². The summed E-state index contributed by atoms with van der Waals surface area (Å²) in [7, 11) is 1.77. The zero-order chi connectivity index (χ0) is 21.0. The van der Waals surface area contributed by atoms with Crippen LogP contribution in [0.5, 0.6) is 0 Å². The van der Waals surface area contributed by atoms with Gasteiger partial charge in [0.15, 0.2) is 5.43 Å². The Kier molecular flexibility index (Phi) is 6.74. The Morgan fingerprint density at radius 2 is 2.00 bits per heavy atom. The van der Waals surface area contributed by atoms with Crippen LogP contribution in [0.2, 0.25) is 5.02 Å². The van der Waals surface area contributed by atoms with E-state index in [2.05, 4.69) is 10.6 Å². The number of aromatic nitrogens is 1. The predicted molar refractivity (Wildman–Crippen MR) is 112 cm³/mol. The minimum Gasteiger partial charge on any atom is -0.443 e. The van der Waals surface area contributed by atoms with Crippen molar-refractivity contribution in [2.45, 2.75) is 32.5 Å². The Hall–Kier alpha value is -2.61. The molecule has 0 saturated carbocycles. The molecule has 3 aromatic rings. The Morgan fingerprint density at radius 1 is 1.28 bits per heavy atom. The second kappa shape index (κ2) is 9.26. The summed E-state index contributed by atoms with van der Waals surface area (Å²) in [5, 5.41) is 16.3. The van der Waals surface area contributed by atoms with Crippen LogP contribution in [0.25, 0.3) is 11.1 Å². The fourth-order valence-corrected chi connectivity index (χ4v) is 3.16. The number of hydrogen-bond donors (Lipinski definition) is 3. The number of furan rings is 1. The molecule has 154 valence electrons. The maximum Gasteiger partial charge on any atom is 0.224 e. The molecule has 2 heterocycles. The molecule has 3 N–H and O–H groups in total. The van der Waals surface area contributed by atoms with Gasteiger partial charge in [-0.1, -0.05) is 23.7 Å². The van der Waals surface area contributed by atoms with Crippen molar-refractivity contribution in [2.24, 2.45) is 7.05 Å². The number of rotatable bonds is 8. The first-order valence-electron chi connectivity index (χ1n) is 9.34. The molecule has 0 aliphatic rings. The minimum atomic E-state index is -0.469. The topological polar surface area (TPSA) is 96.5 Å². The average Bonchev–Trinajstić information content (AvgIpc) is 3.10. The quantitative estimate of drug-likeness (QED) is 0.521. The zero-order valence-electron chi connectivity index (χ0n) is 16.4. The van der Waals surface area contributed by atoms with Crippen LogP contribution in [-0.4, -0.2) is 28.2 Å². The van der Waals surface area contributed by atoms with Crippen molar-refractivity contribution < 1.29 is 14.3 Å². The highest BCUT2D eigenvalue weighted by atomic mass is 35.5. The summed E-state index contributed by atoms with van der Waals surface area (Å²) in [5.74, 6) is 0.358. The van der Waals surface area contributed by atoms with Gasteiger partial charge < -0.3 is 24.7 Å². The predicted octanol–water partition coefficient (Wildman–Crippen LogP) is 2.11. The summed E-state index contributed by atoms with van der Waals surface area (Å²) in [6.07, 6.45) is 1.14. The average molecular weight is 418 g/mol. The summed E-state index contributed by atoms with van der Waals surface area (Å²) in [6, 6.07) is 8.89. The lowest BCUT2D eigenvalue weighted by atomic mass is 10.1. The molecular weight excluding hydrogens is 394 g/mol. The second-order valence-electron chi connectivity index (χ2n) is 7.09. The summed E-state index contributed by atoms with van der Waals surface area (Å²) in [4.78, 5) is 25.1. The number of aliphatic hydroxyl groups excluding tert-OH is 1. The van der Waals surface area contributed by atoms with Gasteiger partial charge in [0, 0.05) is 36.9 Å². The number of nitrogens with zero attached hydrogens (tertiary/aromatic N) is 1. The Morgan fingerprint density at radius 3 is 2.69 bits per heavy atom. The van der Waals surface area contributed by atoms with Crippen LogP contribution in [0, 0.1) is 0 Å². The fraction of sp³-hybridized carbons (Fsp3) is 0.333. The molecule has 0 aliphatic carbocycles. The van der Waals surface area contributed by atoms with Crippen molar-refractivity contribution in [3.8, 4) is 0 Å². The van der Waals surface area contributed by atoms with E-state index in [-0.39, 0.29) is 17.8 Å². The molecule has 1 amide bonds. The lowest BCUT2D eigenvalue weighted by Crippen LogP contribution is -2.27. The molecule has 3 rings (SSSR count). The monoisotopic (exact) mass is 417 g/mol. The highest BCUT2D eigenvalue weighted by Crippen LogP contribution is 2.17. The SMILES string of the molecule is CC(O)CNCc1cc2c(=O)c(CC(=O)NCc3ccc(Cl)cc3)cn(C)c2o1. The number of benzene rings is 1. The number of pyridine rings is 1. The first-order valence-corrected chi connectivity index (χ1v) is 9.72. The smallest absolute Gasteiger partial charge is 0.224 e. The van der Waals surface area contributed by atoms with E-state index in [1.165, 1.54) is 0 Å². The Balaban J connectivity index is 1.70. The molecular formula is C21H24ClN3O4. The van der Waals surface area contributed by atoms with Crippen LogP contribution in [0.3, 0.4) is 0 Å². The van der Waals surface area contributed by atoms with Crippen LogP contribution >= 0.6 is 11.6 Å². The third-order valence-corrected chi connectivity index (χ3v) is 4.71. The van der Waals surface area contributed by atoms with Gasteiger partial charge in [-0.3, -0.25) is 9.59 Å². The molecule has 0 radical (unpaired) electrons. The lowest BCUT2D eigenvalue weighted by Gasteiger charge is -2.07. The molecule has 0 bridgehead atoms. The molecule has 0 spiro atoms. The Labute approximate surface area is 173 Å². The van der Waals surface area contributed by atoms with Crippen molar-refractivity contribution in [2.75, 3.05) is 6.54 Å². The van der Waals surface area contributed by atoms with Gasteiger partial charge in [0.2, 0.25) is 11.6 Å². The highest BCUT2D eigenvalue weighted by molar-refractivity contribution is 6.30. The van der Waals surface area contributed by atoms with Gasteiger partial charge in [0.25, 0.3) is 0 Å². The van der Waals surface area contributed by atoms with Crippen LogP contribution in [0.15, 0.2) is 45.7 Å². The van der Waals surface area contributed by atoms with Crippen molar-refractivity contribution in [3.05, 3.63) is 68.7 Å². The van der Waals surface area contributed by atoms with E-state index in [1.807, 2.05) is 12.1 Å². The highest BCUT2D eigenvalue weighted by Gasteiger charge is 2.15. The van der Waals surface area contributed by atoms with Crippen molar-refractivity contribution in [3.63, 3.8) is 0 Å². The fourth-order valence-electron chi connectivity index (χ4n) is 3.04. The number of aliphatic hydroxyl groups is 1. The van der Waals surface area contributed by atoms with E-state index in [4.69, 9.17) is 16.0 Å². The number of carbonyl (C=O) groups excluding carboxylic acids is 1. The van der Waals surface area contributed by atoms with E-state index < -0.39 is 6.10 Å². The van der Waals surface area contributed by atoms with Gasteiger partial charge in [-0.2, -0.15) is 0 Å². The molecule has 0 fully saturated rings. The molecule has 1 aromatic carbocycles. The summed E-state index contributed by atoms with van der Waals surface area (Å²) in [6.45, 7) is 2.87. The lowest BCUT2D eigenvalue weighted by molar-refractivity contribution is -0.120. The largest absolute Gasteiger partial charge is 0.443 e. The van der Waals surface area contributed by atoms with Gasteiger partial charge in [-0.25, -0.2) is 0 Å². The standard InChI is InChI=1S/C21H24ClN3O4/c1-13(26)9-23-11-17-8-18-20(28)15(12-25(2)21(18)29-17)7-19(27)24-10-14-3-5-16(22)6-4-14/h3-6,8,12-13,23,26H,7,9-11H2,1-2H3,(H,24,27). The first kappa shape index (κ1) is 21.1. The number of nitrogens with one attached hydrogen (secondary N) is 2. The van der Waals surface area contributed by atoms with Crippen molar-refractivity contribution >= 4 is 28.6 Å². The molecule has 1 atom stereocenters. The third-order valence-electron chi connectivity index (χ3n) is 4.46. The minimum absolute atomic E-state index is 0.0169. The maximum atomic E-state index is 12.8. The van der Waals surface area contributed by atoms with Crippen molar-refractivity contribution in [1.29, 1.82) is 0 Å². The van der Waals surface area contributed by atoms with Gasteiger partial charge in [0.1, 0.15) is 5.76 Å². The molecule has 1 unspecified atom stereocenters. The second-order valence-corrected chi connectivity index (χ2v) is 7.52. The van der Waals surface area contributed by atoms with Gasteiger partial charge in [-0.15, -0.1) is 0 Å².